The second kappa shape index (κ2) is 6.30. The van der Waals surface area contributed by atoms with Crippen LogP contribution in [0.3, 0.4) is 0 Å². The number of aromatic amines is 1. The fraction of sp³-hybridized carbons (Fsp3) is 0.231. The number of carbonyl (C=O) groups is 1. The van der Waals surface area contributed by atoms with Gasteiger partial charge in [0.2, 0.25) is 5.91 Å². The maximum absolute atomic E-state index is 13.6. The number of amides is 1. The van der Waals surface area contributed by atoms with Crippen molar-refractivity contribution in [1.29, 1.82) is 0 Å². The highest BCUT2D eigenvalue weighted by Gasteiger charge is 2.53. The smallest absolute Gasteiger partial charge is 0.227 e. The van der Waals surface area contributed by atoms with Gasteiger partial charge in [0.1, 0.15) is 5.82 Å². The first kappa shape index (κ1) is 17.5. The minimum Gasteiger partial charge on any atom is -0.348 e. The zero-order valence-corrected chi connectivity index (χ0v) is 16.9. The average molecular weight is 393 g/mol. The number of hydrogen-bond donors (Lipinski definition) is 2. The van der Waals surface area contributed by atoms with Crippen molar-refractivity contribution >= 4 is 16.9 Å². The van der Waals surface area contributed by atoms with Crippen LogP contribution in [0.2, 0.25) is 0 Å². The molecule has 148 valence electrons. The molecule has 4 nitrogen and oxygen atoms in total. The number of nitrogens with one attached hydrogen (secondary N) is 2. The molecule has 4 aromatic rings. The molecule has 30 heavy (non-hydrogen) atoms. The molecule has 7 rings (SSSR count). The third kappa shape index (κ3) is 2.40. The van der Waals surface area contributed by atoms with Crippen molar-refractivity contribution < 1.29 is 4.79 Å². The van der Waals surface area contributed by atoms with E-state index in [1.807, 2.05) is 24.3 Å². The summed E-state index contributed by atoms with van der Waals surface area (Å²) in [5.74, 6) is 1.23. The van der Waals surface area contributed by atoms with Gasteiger partial charge in [0.15, 0.2) is 0 Å². The van der Waals surface area contributed by atoms with E-state index in [-0.39, 0.29) is 17.7 Å². The van der Waals surface area contributed by atoms with E-state index in [2.05, 4.69) is 70.7 Å². The van der Waals surface area contributed by atoms with Gasteiger partial charge < -0.3 is 10.3 Å². The third-order valence-corrected chi connectivity index (χ3v) is 7.00. The van der Waals surface area contributed by atoms with Crippen molar-refractivity contribution in [3.63, 3.8) is 0 Å². The lowest BCUT2D eigenvalue weighted by Crippen LogP contribution is -2.49. The van der Waals surface area contributed by atoms with E-state index in [1.165, 1.54) is 22.3 Å². The molecule has 2 bridgehead atoms. The van der Waals surface area contributed by atoms with E-state index >= 15 is 0 Å². The molecule has 1 amide bonds. The predicted molar refractivity (Wildman–Crippen MR) is 117 cm³/mol. The van der Waals surface area contributed by atoms with Crippen LogP contribution in [0.5, 0.6) is 0 Å². The molecular weight excluding hydrogens is 370 g/mol. The minimum atomic E-state index is -0.487. The number of nitrogens with zero attached hydrogens (tertiary/aromatic N) is 1. The largest absolute Gasteiger partial charge is 0.348 e. The molecule has 1 heterocycles. The molecule has 1 atom stereocenters. The third-order valence-electron chi connectivity index (χ3n) is 7.00. The minimum absolute atomic E-state index is 0.0746. The first-order valence-electron chi connectivity index (χ1n) is 10.5. The summed E-state index contributed by atoms with van der Waals surface area (Å²) in [6, 6.07) is 25.2. The lowest BCUT2D eigenvalue weighted by molar-refractivity contribution is -0.132. The van der Waals surface area contributed by atoms with Crippen molar-refractivity contribution in [2.24, 2.45) is 5.41 Å². The van der Waals surface area contributed by atoms with Gasteiger partial charge in [0, 0.05) is 11.8 Å². The number of fused-ring (bicyclic) bond motifs is 2. The summed E-state index contributed by atoms with van der Waals surface area (Å²) in [5.41, 5.74) is 6.79. The molecule has 3 aromatic carbocycles. The topological polar surface area (TPSA) is 57.8 Å². The first-order chi connectivity index (χ1) is 14.6. The molecular formula is C26H23N3O. The van der Waals surface area contributed by atoms with E-state index in [0.717, 1.165) is 23.3 Å². The molecule has 0 saturated heterocycles. The number of rotatable bonds is 3. The Morgan fingerprint density at radius 2 is 1.57 bits per heavy atom. The van der Waals surface area contributed by atoms with E-state index in [9.17, 15) is 4.79 Å². The van der Waals surface area contributed by atoms with Gasteiger partial charge in [-0.1, -0.05) is 60.7 Å². The molecule has 3 aliphatic rings. The Hall–Kier alpha value is -3.40. The van der Waals surface area contributed by atoms with Crippen molar-refractivity contribution in [3.05, 3.63) is 101 Å². The van der Waals surface area contributed by atoms with Gasteiger partial charge in [0.05, 0.1) is 23.0 Å². The summed E-state index contributed by atoms with van der Waals surface area (Å²) in [6.07, 6.45) is 0.831. The molecule has 0 aliphatic heterocycles. The molecule has 0 spiro atoms. The van der Waals surface area contributed by atoms with E-state index < -0.39 is 5.41 Å². The Balaban J connectivity index is 1.34. The Morgan fingerprint density at radius 3 is 2.23 bits per heavy atom. The van der Waals surface area contributed by atoms with Crippen LogP contribution >= 0.6 is 0 Å². The normalized spacial score (nSPS) is 23.8. The summed E-state index contributed by atoms with van der Waals surface area (Å²) in [5, 5.41) is 3.18. The van der Waals surface area contributed by atoms with E-state index in [1.54, 1.807) is 0 Å². The van der Waals surface area contributed by atoms with Crippen molar-refractivity contribution in [1.82, 2.24) is 15.3 Å². The number of H-pyrrole nitrogens is 1. The molecule has 1 aromatic heterocycles. The fourth-order valence-electron chi connectivity index (χ4n) is 5.64. The summed E-state index contributed by atoms with van der Waals surface area (Å²) in [6.45, 7) is 2.54. The van der Waals surface area contributed by atoms with Gasteiger partial charge in [-0.2, -0.15) is 0 Å². The lowest BCUT2D eigenvalue weighted by atomic mass is 9.52. The van der Waals surface area contributed by atoms with Gasteiger partial charge in [-0.05, 0) is 47.7 Å². The monoisotopic (exact) mass is 393 g/mol. The Bertz CT molecular complexity index is 1210. The molecule has 0 saturated carbocycles. The second-order valence-corrected chi connectivity index (χ2v) is 8.75. The molecule has 1 unspecified atom stereocenters. The summed E-state index contributed by atoms with van der Waals surface area (Å²) in [7, 11) is 0. The molecule has 2 N–H and O–H groups in total. The van der Waals surface area contributed by atoms with Gasteiger partial charge in [0.25, 0.3) is 0 Å². The zero-order valence-electron chi connectivity index (χ0n) is 16.9. The lowest BCUT2D eigenvalue weighted by Gasteiger charge is -2.50. The van der Waals surface area contributed by atoms with Crippen LogP contribution in [0, 0.1) is 5.41 Å². The van der Waals surface area contributed by atoms with E-state index in [4.69, 9.17) is 0 Å². The van der Waals surface area contributed by atoms with Crippen LogP contribution in [0.25, 0.3) is 11.0 Å². The number of aromatic nitrogens is 2. The van der Waals surface area contributed by atoms with Crippen molar-refractivity contribution in [2.45, 2.75) is 31.7 Å². The summed E-state index contributed by atoms with van der Waals surface area (Å²) in [4.78, 5) is 21.5. The van der Waals surface area contributed by atoms with Crippen LogP contribution in [0.15, 0.2) is 72.8 Å². The quantitative estimate of drug-likeness (QED) is 0.522. The van der Waals surface area contributed by atoms with Gasteiger partial charge >= 0.3 is 0 Å². The van der Waals surface area contributed by atoms with Crippen LogP contribution in [-0.2, 0) is 11.3 Å². The van der Waals surface area contributed by atoms with Gasteiger partial charge in [-0.15, -0.1) is 0 Å². The Labute approximate surface area is 175 Å². The second-order valence-electron chi connectivity index (χ2n) is 8.75. The SMILES string of the molecule is CC1(C(=O)NCc2nc3ccccc3[nH]2)CC2c3ccccc3C1c1ccccc12. The van der Waals surface area contributed by atoms with Crippen LogP contribution in [0.1, 0.15) is 53.3 Å². The predicted octanol–water partition coefficient (Wildman–Crippen LogP) is 4.87. The van der Waals surface area contributed by atoms with Crippen LogP contribution < -0.4 is 5.32 Å². The maximum Gasteiger partial charge on any atom is 0.227 e. The highest BCUT2D eigenvalue weighted by molar-refractivity contribution is 5.86. The zero-order chi connectivity index (χ0) is 20.3. The highest BCUT2D eigenvalue weighted by Crippen LogP contribution is 2.60. The van der Waals surface area contributed by atoms with Crippen LogP contribution in [-0.4, -0.2) is 15.9 Å². The number of imidazole rings is 1. The number of carbonyl (C=O) groups excluding carboxylic acids is 1. The first-order valence-corrected chi connectivity index (χ1v) is 10.5. The average Bonchev–Trinajstić information content (AvgIpc) is 3.20. The van der Waals surface area contributed by atoms with Crippen molar-refractivity contribution in [2.75, 3.05) is 0 Å². The molecule has 3 aliphatic carbocycles. The Morgan fingerprint density at radius 1 is 0.967 bits per heavy atom. The standard InChI is InChI=1S/C26H23N3O/c1-26(25(30)27-15-23-28-21-12-6-7-13-22(21)29-23)14-20-16-8-2-4-10-18(16)24(26)19-11-5-3-9-17(19)20/h2-13,20,24H,14-15H2,1H3,(H,27,30)(H,28,29). The number of para-hydroxylation sites is 2. The Kier molecular flexibility index (Phi) is 3.66. The summed E-state index contributed by atoms with van der Waals surface area (Å²) >= 11 is 0. The molecule has 0 fully saturated rings. The summed E-state index contributed by atoms with van der Waals surface area (Å²) < 4.78 is 0. The van der Waals surface area contributed by atoms with Gasteiger partial charge in [-0.25, -0.2) is 4.98 Å². The van der Waals surface area contributed by atoms with Crippen molar-refractivity contribution in [3.8, 4) is 0 Å². The highest BCUT2D eigenvalue weighted by atomic mass is 16.2. The molecule has 4 heteroatoms. The van der Waals surface area contributed by atoms with Crippen LogP contribution in [0.4, 0.5) is 0 Å². The molecule has 0 radical (unpaired) electrons. The van der Waals surface area contributed by atoms with Gasteiger partial charge in [-0.3, -0.25) is 4.79 Å². The maximum atomic E-state index is 13.6. The number of hydrogen-bond acceptors (Lipinski definition) is 2. The number of benzene rings is 3. The fourth-order valence-corrected chi connectivity index (χ4v) is 5.64. The van der Waals surface area contributed by atoms with E-state index in [0.29, 0.717) is 6.54 Å².